The molecule has 5 aliphatic rings. The predicted octanol–water partition coefficient (Wildman–Crippen LogP) is 3.89. The number of hydrogen-bond donors (Lipinski definition) is 2. The number of benzene rings is 2. The molecule has 2 N–H and O–H groups in total. The van der Waals surface area contributed by atoms with Crippen LogP contribution < -0.4 is 14.9 Å². The topological polar surface area (TPSA) is 142 Å². The molecule has 0 bridgehead atoms. The summed E-state index contributed by atoms with van der Waals surface area (Å²) in [6, 6.07) is 15.5. The summed E-state index contributed by atoms with van der Waals surface area (Å²) in [5.41, 5.74) is 2.27. The Bertz CT molecular complexity index is 1760. The van der Waals surface area contributed by atoms with Gasteiger partial charge in [0.2, 0.25) is 21.8 Å². The molecule has 0 aromatic heterocycles. The van der Waals surface area contributed by atoms with Crippen LogP contribution in [0.5, 0.6) is 0 Å². The first-order chi connectivity index (χ1) is 22.6. The normalized spacial score (nSPS) is 29.6. The molecule has 3 fully saturated rings. The monoisotopic (exact) mass is 660 g/mol. The smallest absolute Gasteiger partial charge is 0.414 e. The second kappa shape index (κ2) is 12.1. The van der Waals surface area contributed by atoms with Crippen molar-refractivity contribution in [2.24, 2.45) is 17.8 Å². The van der Waals surface area contributed by atoms with E-state index in [1.165, 1.54) is 0 Å². The van der Waals surface area contributed by atoms with Crippen LogP contribution >= 0.6 is 0 Å². The molecule has 0 saturated heterocycles. The van der Waals surface area contributed by atoms with Gasteiger partial charge in [-0.2, -0.15) is 0 Å². The predicted molar refractivity (Wildman–Crippen MR) is 174 cm³/mol. The number of anilines is 1. The summed E-state index contributed by atoms with van der Waals surface area (Å²) in [6.07, 6.45) is 6.43. The number of hydrogen-bond acceptors (Lipinski definition) is 7. The molecule has 12 heteroatoms. The Labute approximate surface area is 274 Å². The second-order valence-electron chi connectivity index (χ2n) is 13.6. The summed E-state index contributed by atoms with van der Waals surface area (Å²) in [5.74, 6) is -3.47. The van der Waals surface area contributed by atoms with Crippen molar-refractivity contribution in [3.63, 3.8) is 0 Å². The Morgan fingerprint density at radius 3 is 2.49 bits per heavy atom. The van der Waals surface area contributed by atoms with Gasteiger partial charge in [0, 0.05) is 25.1 Å². The minimum absolute atomic E-state index is 0.104. The first kappa shape index (κ1) is 31.4. The fourth-order valence-electron chi connectivity index (χ4n) is 7.37. The molecule has 2 heterocycles. The number of para-hydroxylation sites is 1. The highest BCUT2D eigenvalue weighted by Gasteiger charge is 2.62. The molecule has 248 valence electrons. The average Bonchev–Trinajstić information content (AvgIpc) is 3.98. The van der Waals surface area contributed by atoms with Gasteiger partial charge in [0.15, 0.2) is 0 Å². The summed E-state index contributed by atoms with van der Waals surface area (Å²) >= 11 is 0. The van der Waals surface area contributed by atoms with E-state index in [2.05, 4.69) is 10.0 Å². The average molecular weight is 661 g/mol. The lowest BCUT2D eigenvalue weighted by Crippen LogP contribution is -2.54. The zero-order valence-electron chi connectivity index (χ0n) is 26.4. The molecule has 47 heavy (non-hydrogen) atoms. The van der Waals surface area contributed by atoms with Crippen LogP contribution in [-0.4, -0.2) is 67.6 Å². The van der Waals surface area contributed by atoms with Crippen molar-refractivity contribution in [2.75, 3.05) is 18.5 Å². The first-order valence-corrected chi connectivity index (χ1v) is 18.1. The van der Waals surface area contributed by atoms with Crippen LogP contribution in [-0.2, 0) is 35.7 Å². The van der Waals surface area contributed by atoms with Crippen LogP contribution in [0.1, 0.15) is 56.9 Å². The number of rotatable bonds is 4. The Balaban J connectivity index is 1.12. The van der Waals surface area contributed by atoms with Gasteiger partial charge in [0.1, 0.15) is 11.6 Å². The Morgan fingerprint density at radius 1 is 0.979 bits per heavy atom. The third-order valence-electron chi connectivity index (χ3n) is 10.3. The molecule has 7 rings (SSSR count). The first-order valence-electron chi connectivity index (χ1n) is 16.5. The highest BCUT2D eigenvalue weighted by Crippen LogP contribution is 2.47. The minimum atomic E-state index is -3.83. The van der Waals surface area contributed by atoms with Crippen LogP contribution in [0, 0.1) is 17.8 Å². The van der Waals surface area contributed by atoms with E-state index in [0.717, 1.165) is 41.6 Å². The van der Waals surface area contributed by atoms with E-state index in [-0.39, 0.29) is 31.1 Å². The van der Waals surface area contributed by atoms with Crippen molar-refractivity contribution in [2.45, 2.75) is 74.8 Å². The summed E-state index contributed by atoms with van der Waals surface area (Å²) < 4.78 is 33.6. The Hall–Kier alpha value is -4.19. The number of carbonyl (C=O) groups excluding carboxylic acids is 4. The molecule has 0 spiro atoms. The van der Waals surface area contributed by atoms with Crippen molar-refractivity contribution in [1.29, 1.82) is 0 Å². The third-order valence-corrected chi connectivity index (χ3v) is 12.1. The molecule has 4 amide bonds. The Kier molecular flexibility index (Phi) is 8.10. The number of sulfonamides is 1. The molecule has 5 atom stereocenters. The van der Waals surface area contributed by atoms with Gasteiger partial charge in [-0.3, -0.25) is 24.0 Å². The fraction of sp³-hybridized carbons (Fsp3) is 0.486. The maximum Gasteiger partial charge on any atom is 0.414 e. The molecule has 3 saturated carbocycles. The summed E-state index contributed by atoms with van der Waals surface area (Å²) in [7, 11) is -2.11. The number of nitrogens with zero attached hydrogens (tertiary/aromatic N) is 2. The van der Waals surface area contributed by atoms with E-state index in [1.807, 2.05) is 60.7 Å². The highest BCUT2D eigenvalue weighted by atomic mass is 32.2. The fourth-order valence-corrected chi connectivity index (χ4v) is 8.74. The van der Waals surface area contributed by atoms with Gasteiger partial charge in [-0.1, -0.05) is 54.6 Å². The quantitative estimate of drug-likeness (QED) is 0.474. The van der Waals surface area contributed by atoms with E-state index in [4.69, 9.17) is 4.74 Å². The van der Waals surface area contributed by atoms with Gasteiger partial charge in [-0.15, -0.1) is 0 Å². The zero-order valence-corrected chi connectivity index (χ0v) is 27.2. The van der Waals surface area contributed by atoms with Gasteiger partial charge in [0.05, 0.1) is 29.3 Å². The molecule has 2 aromatic rings. The van der Waals surface area contributed by atoms with Gasteiger partial charge in [-0.05, 0) is 68.6 Å². The molecule has 0 radical (unpaired) electrons. The number of allylic oxidation sites excluding steroid dienone is 1. The number of carbonyl (C=O) groups is 4. The van der Waals surface area contributed by atoms with Crippen molar-refractivity contribution >= 4 is 39.5 Å². The molecular weight excluding hydrogens is 620 g/mol. The highest BCUT2D eigenvalue weighted by molar-refractivity contribution is 7.91. The van der Waals surface area contributed by atoms with Gasteiger partial charge in [-0.25, -0.2) is 13.2 Å². The SMILES string of the molecule is CN1CCCC/C=C\C2CC2(C(=O)NS(=O)(=O)C2CC2)NC(=O)C2CC(OC(=O)N3Cc4ccccc4-c4ccccc43)CC2C1=O. The van der Waals surface area contributed by atoms with Crippen LogP contribution in [0.2, 0.25) is 0 Å². The molecular formula is C35H40N4O7S. The molecule has 2 aromatic carbocycles. The third kappa shape index (κ3) is 6.03. The van der Waals surface area contributed by atoms with Crippen molar-refractivity contribution in [3.8, 4) is 11.1 Å². The lowest BCUT2D eigenvalue weighted by Gasteiger charge is -2.31. The maximum atomic E-state index is 14.0. The second-order valence-corrected chi connectivity index (χ2v) is 15.5. The standard InChI is InChI=1S/C35H40N4O7S/c1-38-17-9-3-2-4-11-23-20-35(23,33(42)37-47(44,45)25-15-16-25)36-31(40)28-18-24(19-29(28)32(38)41)46-34(43)39-21-22-10-5-6-12-26(22)27-13-7-8-14-30(27)39/h4-8,10-14,23-25,28-29H,2-3,9,15-21H2,1H3,(H,36,40)(H,37,42)/b11-4-. The largest absolute Gasteiger partial charge is 0.446 e. The van der Waals surface area contributed by atoms with Gasteiger partial charge < -0.3 is 15.0 Å². The van der Waals surface area contributed by atoms with Gasteiger partial charge >= 0.3 is 6.09 Å². The summed E-state index contributed by atoms with van der Waals surface area (Å²) in [6.45, 7) is 0.852. The zero-order chi connectivity index (χ0) is 32.9. The van der Waals surface area contributed by atoms with Crippen molar-refractivity contribution in [3.05, 3.63) is 66.2 Å². The van der Waals surface area contributed by atoms with Crippen LogP contribution in [0.4, 0.5) is 10.5 Å². The Morgan fingerprint density at radius 2 is 1.70 bits per heavy atom. The van der Waals surface area contributed by atoms with E-state index in [0.29, 0.717) is 25.9 Å². The molecule has 3 aliphatic carbocycles. The number of amides is 4. The van der Waals surface area contributed by atoms with E-state index >= 15 is 0 Å². The number of fused-ring (bicyclic) bond motifs is 5. The maximum absolute atomic E-state index is 14.0. The van der Waals surface area contributed by atoms with Crippen molar-refractivity contribution < 1.29 is 32.3 Å². The number of nitrogens with one attached hydrogen (secondary N) is 2. The van der Waals surface area contributed by atoms with Gasteiger partial charge in [0.25, 0.3) is 5.91 Å². The molecule has 2 aliphatic heterocycles. The molecule has 5 unspecified atom stereocenters. The van der Waals surface area contributed by atoms with Crippen molar-refractivity contribution in [1.82, 2.24) is 14.9 Å². The van der Waals surface area contributed by atoms with E-state index in [9.17, 15) is 27.6 Å². The summed E-state index contributed by atoms with van der Waals surface area (Å²) in [4.78, 5) is 58.3. The summed E-state index contributed by atoms with van der Waals surface area (Å²) in [5, 5.41) is 2.29. The lowest BCUT2D eigenvalue weighted by molar-refractivity contribution is -0.140. The van der Waals surface area contributed by atoms with E-state index in [1.54, 1.807) is 16.8 Å². The minimum Gasteiger partial charge on any atom is -0.446 e. The van der Waals surface area contributed by atoms with E-state index < -0.39 is 56.7 Å². The number of ether oxygens (including phenoxy) is 1. The van der Waals surface area contributed by atoms with Crippen LogP contribution in [0.3, 0.4) is 0 Å². The van der Waals surface area contributed by atoms with Crippen LogP contribution in [0.15, 0.2) is 60.7 Å². The molecule has 11 nitrogen and oxygen atoms in total. The van der Waals surface area contributed by atoms with Crippen LogP contribution in [0.25, 0.3) is 11.1 Å². The lowest BCUT2D eigenvalue weighted by atomic mass is 9.93.